The van der Waals surface area contributed by atoms with Gasteiger partial charge in [0.2, 0.25) is 0 Å². The Hall–Kier alpha value is -5.08. The van der Waals surface area contributed by atoms with Crippen molar-refractivity contribution in [1.82, 2.24) is 9.97 Å². The van der Waals surface area contributed by atoms with Crippen molar-refractivity contribution in [3.05, 3.63) is 146 Å². The molecule has 0 atom stereocenters. The van der Waals surface area contributed by atoms with Crippen molar-refractivity contribution in [1.29, 1.82) is 0 Å². The van der Waals surface area contributed by atoms with Crippen molar-refractivity contribution in [2.45, 2.75) is 6.92 Å². The zero-order valence-electron chi connectivity index (χ0n) is 21.7. The molecule has 2 heteroatoms. The summed E-state index contributed by atoms with van der Waals surface area (Å²) in [5.74, 6) is 0. The molecular formula is C37H26N2. The molecule has 0 aliphatic heterocycles. The minimum absolute atomic E-state index is 1.03. The van der Waals surface area contributed by atoms with Crippen LogP contribution in [0.5, 0.6) is 0 Å². The van der Waals surface area contributed by atoms with Gasteiger partial charge in [-0.25, -0.2) is 0 Å². The molecule has 184 valence electrons. The zero-order valence-corrected chi connectivity index (χ0v) is 21.7. The van der Waals surface area contributed by atoms with Gasteiger partial charge in [0.25, 0.3) is 0 Å². The van der Waals surface area contributed by atoms with Crippen LogP contribution in [0.4, 0.5) is 0 Å². The van der Waals surface area contributed by atoms with Gasteiger partial charge in [-0.15, -0.1) is 0 Å². The summed E-state index contributed by atoms with van der Waals surface area (Å²) >= 11 is 0. The molecule has 2 heterocycles. The predicted molar refractivity (Wildman–Crippen MR) is 164 cm³/mol. The van der Waals surface area contributed by atoms with Crippen molar-refractivity contribution < 1.29 is 0 Å². The van der Waals surface area contributed by atoms with Gasteiger partial charge in [0.1, 0.15) is 0 Å². The number of nitrogens with zero attached hydrogens (tertiary/aromatic N) is 2. The SMILES string of the molecule is Cc1cc(-c2ccc(-c3c4ccccc4c(-c4cccc(-c5ccncc5)c4)c4ccccc34)cc2)ccn1. The smallest absolute Gasteiger partial charge is 0.0378 e. The Morgan fingerprint density at radius 3 is 1.49 bits per heavy atom. The minimum atomic E-state index is 1.03. The summed E-state index contributed by atoms with van der Waals surface area (Å²) in [6.07, 6.45) is 5.58. The minimum Gasteiger partial charge on any atom is -0.265 e. The van der Waals surface area contributed by atoms with Crippen LogP contribution in [0, 0.1) is 6.92 Å². The van der Waals surface area contributed by atoms with E-state index < -0.39 is 0 Å². The molecule has 7 rings (SSSR count). The van der Waals surface area contributed by atoms with Gasteiger partial charge in [-0.1, -0.05) is 91.0 Å². The van der Waals surface area contributed by atoms with E-state index in [2.05, 4.69) is 131 Å². The van der Waals surface area contributed by atoms with Gasteiger partial charge < -0.3 is 0 Å². The number of aryl methyl sites for hydroxylation is 1. The Balaban J connectivity index is 1.45. The third-order valence-corrected chi connectivity index (χ3v) is 7.50. The number of aromatic nitrogens is 2. The first-order valence-corrected chi connectivity index (χ1v) is 13.2. The first kappa shape index (κ1) is 23.1. The average molecular weight is 499 g/mol. The molecule has 0 amide bonds. The van der Waals surface area contributed by atoms with Crippen LogP contribution in [0.15, 0.2) is 140 Å². The summed E-state index contributed by atoms with van der Waals surface area (Å²) in [7, 11) is 0. The van der Waals surface area contributed by atoms with E-state index in [4.69, 9.17) is 0 Å². The van der Waals surface area contributed by atoms with Crippen LogP contribution in [-0.2, 0) is 0 Å². The third kappa shape index (κ3) is 4.17. The quantitative estimate of drug-likeness (QED) is 0.226. The number of benzene rings is 5. The molecule has 0 bridgehead atoms. The monoisotopic (exact) mass is 498 g/mol. The third-order valence-electron chi connectivity index (χ3n) is 7.50. The second-order valence-corrected chi connectivity index (χ2v) is 9.92. The maximum atomic E-state index is 4.35. The Morgan fingerprint density at radius 2 is 0.872 bits per heavy atom. The molecule has 2 aromatic heterocycles. The van der Waals surface area contributed by atoms with Crippen LogP contribution in [0.3, 0.4) is 0 Å². The first-order valence-electron chi connectivity index (χ1n) is 13.2. The fourth-order valence-corrected chi connectivity index (χ4v) is 5.70. The lowest BCUT2D eigenvalue weighted by molar-refractivity contribution is 1.20. The molecule has 0 unspecified atom stereocenters. The second kappa shape index (κ2) is 9.66. The second-order valence-electron chi connectivity index (χ2n) is 9.92. The van der Waals surface area contributed by atoms with Crippen LogP contribution in [-0.4, -0.2) is 9.97 Å². The summed E-state index contributed by atoms with van der Waals surface area (Å²) in [4.78, 5) is 8.55. The molecule has 0 saturated carbocycles. The van der Waals surface area contributed by atoms with E-state index in [0.717, 1.165) is 5.69 Å². The first-order chi connectivity index (χ1) is 19.3. The highest BCUT2D eigenvalue weighted by Crippen LogP contribution is 2.44. The van der Waals surface area contributed by atoms with Gasteiger partial charge >= 0.3 is 0 Å². The van der Waals surface area contributed by atoms with Gasteiger partial charge in [0.15, 0.2) is 0 Å². The molecule has 5 aromatic carbocycles. The van der Waals surface area contributed by atoms with E-state index in [9.17, 15) is 0 Å². The van der Waals surface area contributed by atoms with Crippen molar-refractivity contribution >= 4 is 21.5 Å². The lowest BCUT2D eigenvalue weighted by atomic mass is 9.85. The number of hydrogen-bond donors (Lipinski definition) is 0. The fourth-order valence-electron chi connectivity index (χ4n) is 5.70. The molecule has 0 saturated heterocycles. The van der Waals surface area contributed by atoms with Crippen molar-refractivity contribution in [3.63, 3.8) is 0 Å². The highest BCUT2D eigenvalue weighted by atomic mass is 14.6. The van der Waals surface area contributed by atoms with Crippen molar-refractivity contribution in [2.75, 3.05) is 0 Å². The topological polar surface area (TPSA) is 25.8 Å². The molecule has 0 spiro atoms. The van der Waals surface area contributed by atoms with Crippen LogP contribution in [0.25, 0.3) is 66.1 Å². The Bertz CT molecular complexity index is 1900. The molecule has 2 nitrogen and oxygen atoms in total. The largest absolute Gasteiger partial charge is 0.265 e. The normalized spacial score (nSPS) is 11.2. The summed E-state index contributed by atoms with van der Waals surface area (Å²) < 4.78 is 0. The summed E-state index contributed by atoms with van der Waals surface area (Å²) in [5.41, 5.74) is 10.7. The Morgan fingerprint density at radius 1 is 0.385 bits per heavy atom. The lowest BCUT2D eigenvalue weighted by Crippen LogP contribution is -1.91. The standard InChI is InChI=1S/C37H26N2/c1-25-23-30(19-22-39-25)26-13-15-28(16-14-26)36-32-9-2-4-11-34(32)37(35-12-5-3-10-33(35)36)31-8-6-7-29(24-31)27-17-20-38-21-18-27/h2-24H,1H3. The zero-order chi connectivity index (χ0) is 26.2. The van der Waals surface area contributed by atoms with Gasteiger partial charge in [-0.3, -0.25) is 9.97 Å². The summed E-state index contributed by atoms with van der Waals surface area (Å²) in [6, 6.07) is 43.7. The highest BCUT2D eigenvalue weighted by Gasteiger charge is 2.17. The van der Waals surface area contributed by atoms with E-state index in [0.29, 0.717) is 0 Å². The summed E-state index contributed by atoms with van der Waals surface area (Å²) in [6.45, 7) is 2.03. The van der Waals surface area contributed by atoms with E-state index in [-0.39, 0.29) is 0 Å². The van der Waals surface area contributed by atoms with Gasteiger partial charge in [-0.05, 0) is 103 Å². The van der Waals surface area contributed by atoms with E-state index in [1.807, 2.05) is 25.5 Å². The fraction of sp³-hybridized carbons (Fsp3) is 0.0270. The molecular weight excluding hydrogens is 472 g/mol. The van der Waals surface area contributed by atoms with Gasteiger partial charge in [0.05, 0.1) is 0 Å². The molecule has 39 heavy (non-hydrogen) atoms. The van der Waals surface area contributed by atoms with Crippen LogP contribution >= 0.6 is 0 Å². The van der Waals surface area contributed by atoms with Crippen molar-refractivity contribution in [3.8, 4) is 44.5 Å². The van der Waals surface area contributed by atoms with Gasteiger partial charge in [0, 0.05) is 24.3 Å². The average Bonchev–Trinajstić information content (AvgIpc) is 3.00. The number of hydrogen-bond acceptors (Lipinski definition) is 2. The molecule has 0 aliphatic carbocycles. The molecule has 0 fully saturated rings. The summed E-state index contributed by atoms with van der Waals surface area (Å²) in [5, 5.41) is 5.03. The molecule has 0 aliphatic rings. The van der Waals surface area contributed by atoms with E-state index >= 15 is 0 Å². The lowest BCUT2D eigenvalue weighted by Gasteiger charge is -2.18. The molecule has 7 aromatic rings. The van der Waals surface area contributed by atoms with Crippen LogP contribution < -0.4 is 0 Å². The maximum Gasteiger partial charge on any atom is 0.0378 e. The Kier molecular flexibility index (Phi) is 5.71. The molecule has 0 N–H and O–H groups in total. The van der Waals surface area contributed by atoms with E-state index in [1.165, 1.54) is 66.1 Å². The van der Waals surface area contributed by atoms with Gasteiger partial charge in [-0.2, -0.15) is 0 Å². The number of fused-ring (bicyclic) bond motifs is 2. The molecule has 0 radical (unpaired) electrons. The Labute approximate surface area is 228 Å². The van der Waals surface area contributed by atoms with Crippen molar-refractivity contribution in [2.24, 2.45) is 0 Å². The van der Waals surface area contributed by atoms with Crippen LogP contribution in [0.1, 0.15) is 5.69 Å². The number of pyridine rings is 2. The maximum absolute atomic E-state index is 4.35. The number of rotatable bonds is 4. The van der Waals surface area contributed by atoms with Crippen LogP contribution in [0.2, 0.25) is 0 Å². The van der Waals surface area contributed by atoms with E-state index in [1.54, 1.807) is 0 Å². The predicted octanol–water partition coefficient (Wildman–Crippen LogP) is 9.76. The highest BCUT2D eigenvalue weighted by molar-refractivity contribution is 6.21.